The number of amides is 2. The lowest BCUT2D eigenvalue weighted by atomic mass is 9.93. The topological polar surface area (TPSA) is 95.7 Å². The monoisotopic (exact) mass is 512 g/mol. The molecule has 190 valence electrons. The van der Waals surface area contributed by atoms with Gasteiger partial charge in [-0.2, -0.15) is 0 Å². The van der Waals surface area contributed by atoms with E-state index in [1.54, 1.807) is 45.9 Å². The van der Waals surface area contributed by atoms with Crippen LogP contribution in [0.3, 0.4) is 0 Å². The number of hydrogen-bond acceptors (Lipinski definition) is 6. The molecule has 3 heterocycles. The van der Waals surface area contributed by atoms with Gasteiger partial charge >= 0.3 is 0 Å². The number of pyridine rings is 1. The number of aromatic hydroxyl groups is 1. The fourth-order valence-corrected chi connectivity index (χ4v) is 5.47. The molecule has 2 aromatic heterocycles. The molecule has 36 heavy (non-hydrogen) atoms. The highest BCUT2D eigenvalue weighted by Gasteiger charge is 2.43. The van der Waals surface area contributed by atoms with E-state index in [9.17, 15) is 23.9 Å². The third-order valence-electron chi connectivity index (χ3n) is 6.55. The van der Waals surface area contributed by atoms with E-state index in [0.29, 0.717) is 18.0 Å². The predicted molar refractivity (Wildman–Crippen MR) is 136 cm³/mol. The molecule has 0 saturated heterocycles. The second-order valence-electron chi connectivity index (χ2n) is 9.77. The molecular weight excluding hydrogens is 483 g/mol. The summed E-state index contributed by atoms with van der Waals surface area (Å²) in [7, 11) is 1.68. The van der Waals surface area contributed by atoms with Crippen molar-refractivity contribution in [3.63, 3.8) is 0 Å². The first-order valence-corrected chi connectivity index (χ1v) is 12.4. The number of likely N-dealkylation sites (N-methyl/N-ethyl adjacent to an activating group) is 1. The number of hydrogen-bond donors (Lipinski definition) is 1. The minimum Gasteiger partial charge on any atom is -0.503 e. The van der Waals surface area contributed by atoms with Crippen LogP contribution in [0, 0.1) is 5.82 Å². The second-order valence-corrected chi connectivity index (χ2v) is 10.9. The normalized spacial score (nSPS) is 17.4. The van der Waals surface area contributed by atoms with Crippen molar-refractivity contribution in [2.45, 2.75) is 45.7 Å². The summed E-state index contributed by atoms with van der Waals surface area (Å²) < 4.78 is 14.9. The molecular formula is C26H29FN4O4S. The van der Waals surface area contributed by atoms with Gasteiger partial charge in [-0.3, -0.25) is 14.4 Å². The number of rotatable bonds is 6. The van der Waals surface area contributed by atoms with E-state index in [2.05, 4.69) is 4.98 Å². The molecule has 0 radical (unpaired) electrons. The Bertz CT molecular complexity index is 1380. The second kappa shape index (κ2) is 9.50. The van der Waals surface area contributed by atoms with Crippen LogP contribution in [0.15, 0.2) is 41.5 Å². The molecule has 1 aliphatic rings. The van der Waals surface area contributed by atoms with Crippen LogP contribution < -0.4 is 5.43 Å². The highest BCUT2D eigenvalue weighted by molar-refractivity contribution is 7.15. The smallest absolute Gasteiger partial charge is 0.274 e. The Balaban J connectivity index is 1.81. The maximum absolute atomic E-state index is 13.3. The van der Waals surface area contributed by atoms with E-state index in [4.69, 9.17) is 0 Å². The van der Waals surface area contributed by atoms with Crippen LogP contribution in [0.1, 0.15) is 48.6 Å². The number of carbonyl (C=O) groups excluding carboxylic acids is 2. The minimum atomic E-state index is -0.804. The maximum atomic E-state index is 13.3. The van der Waals surface area contributed by atoms with Crippen LogP contribution in [0.4, 0.5) is 4.39 Å². The fourth-order valence-electron chi connectivity index (χ4n) is 4.52. The van der Waals surface area contributed by atoms with Crippen molar-refractivity contribution in [3.8, 4) is 16.3 Å². The van der Waals surface area contributed by atoms with Gasteiger partial charge in [0.2, 0.25) is 11.3 Å². The minimum absolute atomic E-state index is 0.0914. The third kappa shape index (κ3) is 4.65. The highest BCUT2D eigenvalue weighted by atomic mass is 32.1. The Labute approximate surface area is 212 Å². The molecule has 0 unspecified atom stereocenters. The predicted octanol–water partition coefficient (Wildman–Crippen LogP) is 3.47. The lowest BCUT2D eigenvalue weighted by molar-refractivity contribution is -0.129. The summed E-state index contributed by atoms with van der Waals surface area (Å²) in [5.74, 6) is -1.52. The Morgan fingerprint density at radius 1 is 1.28 bits per heavy atom. The Hall–Kier alpha value is -3.53. The number of carbonyl (C=O) groups is 2. The molecule has 1 N–H and O–H groups in total. The third-order valence-corrected chi connectivity index (χ3v) is 7.58. The van der Waals surface area contributed by atoms with Gasteiger partial charge in [-0.25, -0.2) is 9.37 Å². The number of benzene rings is 1. The SMILES string of the molecule is CC(=O)N(C)C[C@@]1(C)CN(C(C)C)C(=O)c2c(O)c(=O)c(-c3ncc(Cc4ccc(F)cc4)s3)cn21. The summed E-state index contributed by atoms with van der Waals surface area (Å²) in [5, 5.41) is 11.4. The number of fused-ring (bicyclic) bond motifs is 1. The largest absolute Gasteiger partial charge is 0.503 e. The van der Waals surface area contributed by atoms with Gasteiger partial charge in [0.1, 0.15) is 10.8 Å². The van der Waals surface area contributed by atoms with Gasteiger partial charge in [0, 0.05) is 56.8 Å². The molecule has 3 aromatic rings. The van der Waals surface area contributed by atoms with Crippen molar-refractivity contribution < 1.29 is 19.1 Å². The van der Waals surface area contributed by atoms with Gasteiger partial charge in [-0.05, 0) is 38.5 Å². The van der Waals surface area contributed by atoms with E-state index in [1.807, 2.05) is 20.8 Å². The van der Waals surface area contributed by atoms with E-state index >= 15 is 0 Å². The number of halogens is 1. The number of thiazole rings is 1. The maximum Gasteiger partial charge on any atom is 0.274 e. The van der Waals surface area contributed by atoms with Crippen molar-refractivity contribution in [1.29, 1.82) is 0 Å². The van der Waals surface area contributed by atoms with Crippen LogP contribution in [0.2, 0.25) is 0 Å². The summed E-state index contributed by atoms with van der Waals surface area (Å²) in [6.07, 6.45) is 3.74. The molecule has 1 aromatic carbocycles. The van der Waals surface area contributed by atoms with Crippen molar-refractivity contribution in [2.75, 3.05) is 20.1 Å². The summed E-state index contributed by atoms with van der Waals surface area (Å²) in [5.41, 5.74) is -0.497. The molecule has 2 amide bonds. The quantitative estimate of drug-likeness (QED) is 0.546. The molecule has 8 nitrogen and oxygen atoms in total. The number of aromatic nitrogens is 2. The summed E-state index contributed by atoms with van der Waals surface area (Å²) in [6.45, 7) is 7.65. The summed E-state index contributed by atoms with van der Waals surface area (Å²) in [4.78, 5) is 47.0. The van der Waals surface area contributed by atoms with E-state index in [1.165, 1.54) is 30.4 Å². The lowest BCUT2D eigenvalue weighted by Gasteiger charge is -2.46. The highest BCUT2D eigenvalue weighted by Crippen LogP contribution is 2.35. The van der Waals surface area contributed by atoms with Crippen molar-refractivity contribution in [2.24, 2.45) is 0 Å². The molecule has 0 spiro atoms. The zero-order chi connectivity index (χ0) is 26.4. The van der Waals surface area contributed by atoms with Crippen molar-refractivity contribution in [3.05, 3.63) is 68.8 Å². The zero-order valence-corrected chi connectivity index (χ0v) is 21.7. The lowest BCUT2D eigenvalue weighted by Crippen LogP contribution is -2.59. The van der Waals surface area contributed by atoms with Crippen LogP contribution in [-0.2, 0) is 16.8 Å². The molecule has 4 rings (SSSR count). The fraction of sp³-hybridized carbons (Fsp3) is 0.385. The average molecular weight is 513 g/mol. The molecule has 0 saturated carbocycles. The van der Waals surface area contributed by atoms with Gasteiger partial charge in [0.05, 0.1) is 11.1 Å². The molecule has 0 bridgehead atoms. The molecule has 10 heteroatoms. The van der Waals surface area contributed by atoms with Gasteiger partial charge in [-0.15, -0.1) is 11.3 Å². The molecule has 1 aliphatic heterocycles. The Morgan fingerprint density at radius 2 is 1.94 bits per heavy atom. The van der Waals surface area contributed by atoms with Gasteiger partial charge in [0.15, 0.2) is 11.4 Å². The van der Waals surface area contributed by atoms with Crippen molar-refractivity contribution >= 4 is 23.2 Å². The van der Waals surface area contributed by atoms with Crippen LogP contribution in [0.25, 0.3) is 10.6 Å². The van der Waals surface area contributed by atoms with Gasteiger partial charge in [-0.1, -0.05) is 12.1 Å². The first-order chi connectivity index (χ1) is 16.9. The number of nitrogens with zero attached hydrogens (tertiary/aromatic N) is 4. The molecule has 0 aliphatic carbocycles. The molecule has 0 fully saturated rings. The van der Waals surface area contributed by atoms with Crippen LogP contribution in [0.5, 0.6) is 5.75 Å². The van der Waals surface area contributed by atoms with E-state index < -0.39 is 22.6 Å². The van der Waals surface area contributed by atoms with Crippen molar-refractivity contribution in [1.82, 2.24) is 19.4 Å². The van der Waals surface area contributed by atoms with Crippen LogP contribution in [-0.4, -0.2) is 62.5 Å². The first kappa shape index (κ1) is 25.6. The average Bonchev–Trinajstić information content (AvgIpc) is 3.27. The van der Waals surface area contributed by atoms with Gasteiger partial charge in [0.25, 0.3) is 5.91 Å². The van der Waals surface area contributed by atoms with E-state index in [-0.39, 0.29) is 35.6 Å². The van der Waals surface area contributed by atoms with Crippen LogP contribution >= 0.6 is 11.3 Å². The molecule has 1 atom stereocenters. The van der Waals surface area contributed by atoms with Gasteiger partial charge < -0.3 is 19.5 Å². The Kier molecular flexibility index (Phi) is 6.74. The first-order valence-electron chi connectivity index (χ1n) is 11.6. The zero-order valence-electron chi connectivity index (χ0n) is 20.9. The van der Waals surface area contributed by atoms with E-state index in [0.717, 1.165) is 10.4 Å². The standard InChI is InChI=1S/C26H29FN4O4S/c1-15(2)30-14-26(4,13-29(5)16(3)32)31-12-20(22(33)23(34)21(31)25(30)35)24-28-11-19(36-24)10-17-6-8-18(27)9-7-17/h6-9,11-12,15,34H,10,13-14H2,1-5H3/t26-/m0/s1. The summed E-state index contributed by atoms with van der Waals surface area (Å²) >= 11 is 1.29. The Morgan fingerprint density at radius 3 is 2.56 bits per heavy atom. The summed E-state index contributed by atoms with van der Waals surface area (Å²) in [6, 6.07) is 5.99.